The number of carbonyl (C=O) groups is 1. The summed E-state index contributed by atoms with van der Waals surface area (Å²) in [5.74, 6) is -0.117. The van der Waals surface area contributed by atoms with Gasteiger partial charge in [-0.3, -0.25) is 4.79 Å². The van der Waals surface area contributed by atoms with E-state index in [1.165, 1.54) is 0 Å². The van der Waals surface area contributed by atoms with Crippen molar-refractivity contribution in [2.75, 3.05) is 5.32 Å². The molecule has 1 aliphatic heterocycles. The molecule has 0 unspecified atom stereocenters. The lowest BCUT2D eigenvalue weighted by Gasteiger charge is -2.25. The number of benzene rings is 5. The zero-order valence-electron chi connectivity index (χ0n) is 21.2. The van der Waals surface area contributed by atoms with Gasteiger partial charge in [-0.1, -0.05) is 145 Å². The summed E-state index contributed by atoms with van der Waals surface area (Å²) in [7, 11) is 0. The first-order chi connectivity index (χ1) is 19.1. The first kappa shape index (κ1) is 24.7. The maximum atomic E-state index is 14.2. The molecule has 0 spiro atoms. The number of nitrogens with one attached hydrogen (secondary N) is 1. The highest BCUT2D eigenvalue weighted by Crippen LogP contribution is 2.46. The fourth-order valence-electron chi connectivity index (χ4n) is 5.24. The summed E-state index contributed by atoms with van der Waals surface area (Å²) in [4.78, 5) is 14.2. The number of amides is 1. The third kappa shape index (κ3) is 4.83. The lowest BCUT2D eigenvalue weighted by molar-refractivity contribution is -0.118. The molecule has 0 radical (unpaired) electrons. The zero-order valence-corrected chi connectivity index (χ0v) is 22.0. The van der Waals surface area contributed by atoms with E-state index in [1.54, 1.807) is 0 Å². The SMILES string of the molecule is O=C1Nc2ccc(Cl)cc2C1(C=C(c1ccccc1)c1ccccc1)C=C(c1ccccc1)c1ccccc1. The van der Waals surface area contributed by atoms with Crippen LogP contribution in [0.4, 0.5) is 5.69 Å². The van der Waals surface area contributed by atoms with Crippen molar-refractivity contribution in [3.05, 3.63) is 185 Å². The van der Waals surface area contributed by atoms with Crippen molar-refractivity contribution in [3.63, 3.8) is 0 Å². The molecule has 1 N–H and O–H groups in total. The Morgan fingerprint density at radius 1 is 0.564 bits per heavy atom. The molecule has 2 nitrogen and oxygen atoms in total. The van der Waals surface area contributed by atoms with Crippen LogP contribution in [0.3, 0.4) is 0 Å². The highest BCUT2D eigenvalue weighted by atomic mass is 35.5. The van der Waals surface area contributed by atoms with Crippen LogP contribution < -0.4 is 5.32 Å². The van der Waals surface area contributed by atoms with Crippen LogP contribution in [0.25, 0.3) is 11.1 Å². The van der Waals surface area contributed by atoms with Crippen LogP contribution in [-0.4, -0.2) is 5.91 Å². The average Bonchev–Trinajstić information content (AvgIpc) is 3.26. The van der Waals surface area contributed by atoms with E-state index in [2.05, 4.69) is 66.0 Å². The van der Waals surface area contributed by atoms with Gasteiger partial charge in [0.15, 0.2) is 0 Å². The molecule has 39 heavy (non-hydrogen) atoms. The molecule has 0 bridgehead atoms. The van der Waals surface area contributed by atoms with Crippen LogP contribution in [0.15, 0.2) is 152 Å². The molecule has 188 valence electrons. The molecular formula is C36H26ClNO. The van der Waals surface area contributed by atoms with Crippen LogP contribution in [-0.2, 0) is 10.2 Å². The minimum Gasteiger partial charge on any atom is -0.324 e. The van der Waals surface area contributed by atoms with Gasteiger partial charge in [-0.25, -0.2) is 0 Å². The van der Waals surface area contributed by atoms with E-state index in [-0.39, 0.29) is 5.91 Å². The van der Waals surface area contributed by atoms with Gasteiger partial charge in [-0.05, 0) is 51.6 Å². The van der Waals surface area contributed by atoms with E-state index < -0.39 is 5.41 Å². The van der Waals surface area contributed by atoms with Crippen LogP contribution in [0.1, 0.15) is 27.8 Å². The van der Waals surface area contributed by atoms with Crippen molar-refractivity contribution in [1.82, 2.24) is 0 Å². The number of rotatable bonds is 6. The summed E-state index contributed by atoms with van der Waals surface area (Å²) in [5.41, 5.74) is 6.52. The Balaban J connectivity index is 1.71. The Kier molecular flexibility index (Phi) is 6.71. The first-order valence-electron chi connectivity index (χ1n) is 12.9. The molecule has 1 heterocycles. The molecule has 0 fully saturated rings. The Hall–Kier alpha value is -4.66. The van der Waals surface area contributed by atoms with Crippen molar-refractivity contribution in [1.29, 1.82) is 0 Å². The van der Waals surface area contributed by atoms with Crippen molar-refractivity contribution in [2.24, 2.45) is 0 Å². The van der Waals surface area contributed by atoms with E-state index in [1.807, 2.05) is 91.0 Å². The van der Waals surface area contributed by atoms with E-state index in [0.717, 1.165) is 44.7 Å². The van der Waals surface area contributed by atoms with E-state index >= 15 is 0 Å². The number of carbonyl (C=O) groups excluding carboxylic acids is 1. The molecule has 0 aromatic heterocycles. The smallest absolute Gasteiger partial charge is 0.242 e. The second-order valence-electron chi connectivity index (χ2n) is 9.59. The minimum atomic E-state index is -1.12. The van der Waals surface area contributed by atoms with Gasteiger partial charge in [-0.2, -0.15) is 0 Å². The Morgan fingerprint density at radius 3 is 1.33 bits per heavy atom. The van der Waals surface area contributed by atoms with Crippen LogP contribution in [0.5, 0.6) is 0 Å². The zero-order chi connectivity index (χ0) is 26.7. The highest BCUT2D eigenvalue weighted by Gasteiger charge is 2.44. The van der Waals surface area contributed by atoms with Gasteiger partial charge in [0.25, 0.3) is 0 Å². The second kappa shape index (κ2) is 10.6. The predicted octanol–water partition coefficient (Wildman–Crippen LogP) is 8.79. The van der Waals surface area contributed by atoms with Gasteiger partial charge in [0.05, 0.1) is 0 Å². The van der Waals surface area contributed by atoms with Crippen LogP contribution in [0, 0.1) is 0 Å². The lowest BCUT2D eigenvalue weighted by Crippen LogP contribution is -2.31. The maximum absolute atomic E-state index is 14.2. The molecule has 0 aliphatic carbocycles. The monoisotopic (exact) mass is 523 g/mol. The van der Waals surface area contributed by atoms with Crippen LogP contribution >= 0.6 is 11.6 Å². The average molecular weight is 524 g/mol. The highest BCUT2D eigenvalue weighted by molar-refractivity contribution is 6.31. The minimum absolute atomic E-state index is 0.117. The van der Waals surface area contributed by atoms with Gasteiger partial charge >= 0.3 is 0 Å². The third-order valence-corrected chi connectivity index (χ3v) is 7.37. The summed E-state index contributed by atoms with van der Waals surface area (Å²) in [6.45, 7) is 0. The first-order valence-corrected chi connectivity index (χ1v) is 13.3. The molecular weight excluding hydrogens is 498 g/mol. The summed E-state index contributed by atoms with van der Waals surface area (Å²) in [6.07, 6.45) is 4.20. The van der Waals surface area contributed by atoms with Crippen molar-refractivity contribution >= 4 is 34.3 Å². The van der Waals surface area contributed by atoms with Crippen molar-refractivity contribution in [3.8, 4) is 0 Å². The van der Waals surface area contributed by atoms with Crippen LogP contribution in [0.2, 0.25) is 5.02 Å². The largest absolute Gasteiger partial charge is 0.324 e. The summed E-state index contributed by atoms with van der Waals surface area (Å²) in [6, 6.07) is 46.4. The van der Waals surface area contributed by atoms with Gasteiger partial charge in [-0.15, -0.1) is 0 Å². The lowest BCUT2D eigenvalue weighted by atomic mass is 9.75. The number of fused-ring (bicyclic) bond motifs is 1. The van der Waals surface area contributed by atoms with Gasteiger partial charge < -0.3 is 5.32 Å². The fourth-order valence-corrected chi connectivity index (χ4v) is 5.41. The quantitative estimate of drug-likeness (QED) is 0.237. The third-order valence-electron chi connectivity index (χ3n) is 7.13. The number of anilines is 1. The standard InChI is InChI=1S/C36H26ClNO/c37-30-21-22-34-33(23-30)36(35(39)38-34,24-31(26-13-5-1-6-14-26)27-15-7-2-8-16-27)25-32(28-17-9-3-10-18-28)29-19-11-4-12-20-29/h1-25H,(H,38,39). The van der Waals surface area contributed by atoms with Gasteiger partial charge in [0.2, 0.25) is 5.91 Å². The normalized spacial score (nSPS) is 13.2. The fraction of sp³-hybridized carbons (Fsp3) is 0.0278. The molecule has 0 atom stereocenters. The Labute approximate surface area is 233 Å². The summed E-state index contributed by atoms with van der Waals surface area (Å²) in [5, 5.41) is 3.73. The van der Waals surface area contributed by atoms with Gasteiger partial charge in [0, 0.05) is 16.3 Å². The second-order valence-corrected chi connectivity index (χ2v) is 10.0. The van der Waals surface area contributed by atoms with Crippen molar-refractivity contribution in [2.45, 2.75) is 5.41 Å². The molecule has 6 rings (SSSR count). The summed E-state index contributed by atoms with van der Waals surface area (Å²) < 4.78 is 0. The topological polar surface area (TPSA) is 29.1 Å². The molecule has 1 aliphatic rings. The van der Waals surface area contributed by atoms with Gasteiger partial charge in [0.1, 0.15) is 5.41 Å². The molecule has 0 saturated carbocycles. The maximum Gasteiger partial charge on any atom is 0.242 e. The molecule has 0 saturated heterocycles. The Bertz CT molecular complexity index is 1500. The molecule has 1 amide bonds. The molecule has 5 aromatic carbocycles. The molecule has 5 aromatic rings. The number of halogens is 1. The van der Waals surface area contributed by atoms with Crippen molar-refractivity contribution < 1.29 is 4.79 Å². The van der Waals surface area contributed by atoms with E-state index in [9.17, 15) is 4.79 Å². The number of hydrogen-bond donors (Lipinski definition) is 1. The predicted molar refractivity (Wildman–Crippen MR) is 162 cm³/mol. The van der Waals surface area contributed by atoms with E-state index in [4.69, 9.17) is 11.6 Å². The summed E-state index contributed by atoms with van der Waals surface area (Å²) >= 11 is 6.56. The molecule has 3 heteroatoms. The Morgan fingerprint density at radius 2 is 0.949 bits per heavy atom. The van der Waals surface area contributed by atoms with E-state index in [0.29, 0.717) is 5.02 Å². The number of hydrogen-bond acceptors (Lipinski definition) is 1.